The molecule has 1 aliphatic rings. The predicted molar refractivity (Wildman–Crippen MR) is 65.7 cm³/mol. The highest BCUT2D eigenvalue weighted by Crippen LogP contribution is 2.24. The van der Waals surface area contributed by atoms with Crippen LogP contribution in [-0.2, 0) is 7.05 Å². The van der Waals surface area contributed by atoms with Crippen molar-refractivity contribution >= 4 is 16.9 Å². The summed E-state index contributed by atoms with van der Waals surface area (Å²) in [5, 5.41) is 5.25. The van der Waals surface area contributed by atoms with Crippen molar-refractivity contribution in [2.24, 2.45) is 12.8 Å². The Labute approximate surface area is 99.4 Å². The number of fused-ring (bicyclic) bond motifs is 1. The molecular formula is C11H16N6. The topological polar surface area (TPSA) is 72.9 Å². The molecule has 0 atom stereocenters. The van der Waals surface area contributed by atoms with Crippen molar-refractivity contribution in [2.75, 3.05) is 18.0 Å². The Morgan fingerprint density at radius 1 is 1.29 bits per heavy atom. The standard InChI is InChI=1S/C11H16N6/c1-16-10-9(6-15-16)11(14-7-13-10)17-4-2-8(12)3-5-17/h6-8H,2-5,12H2,1H3. The fourth-order valence-corrected chi connectivity index (χ4v) is 2.31. The van der Waals surface area contributed by atoms with E-state index in [0.29, 0.717) is 6.04 Å². The van der Waals surface area contributed by atoms with Crippen LogP contribution in [0.25, 0.3) is 11.0 Å². The maximum absolute atomic E-state index is 5.92. The fourth-order valence-electron chi connectivity index (χ4n) is 2.31. The molecule has 2 N–H and O–H groups in total. The highest BCUT2D eigenvalue weighted by molar-refractivity contribution is 5.86. The van der Waals surface area contributed by atoms with Crippen molar-refractivity contribution in [1.82, 2.24) is 19.7 Å². The van der Waals surface area contributed by atoms with E-state index in [-0.39, 0.29) is 0 Å². The highest BCUT2D eigenvalue weighted by atomic mass is 15.3. The van der Waals surface area contributed by atoms with Gasteiger partial charge in [0.25, 0.3) is 0 Å². The predicted octanol–water partition coefficient (Wildman–Crippen LogP) is 0.291. The fraction of sp³-hybridized carbons (Fsp3) is 0.545. The van der Waals surface area contributed by atoms with Crippen LogP contribution in [0.15, 0.2) is 12.5 Å². The number of anilines is 1. The Morgan fingerprint density at radius 3 is 2.82 bits per heavy atom. The SMILES string of the molecule is Cn1ncc2c(N3CCC(N)CC3)ncnc21. The molecule has 90 valence electrons. The first-order valence-electron chi connectivity index (χ1n) is 5.89. The summed E-state index contributed by atoms with van der Waals surface area (Å²) in [5.74, 6) is 0.981. The molecule has 0 aliphatic carbocycles. The molecule has 0 amide bonds. The van der Waals surface area contributed by atoms with Crippen molar-refractivity contribution in [3.05, 3.63) is 12.5 Å². The summed E-state index contributed by atoms with van der Waals surface area (Å²) < 4.78 is 1.77. The molecule has 1 fully saturated rings. The summed E-state index contributed by atoms with van der Waals surface area (Å²) in [6.07, 6.45) is 5.48. The molecule has 2 aromatic heterocycles. The van der Waals surface area contributed by atoms with E-state index in [1.165, 1.54) is 0 Å². The van der Waals surface area contributed by atoms with Crippen molar-refractivity contribution < 1.29 is 0 Å². The first-order valence-corrected chi connectivity index (χ1v) is 5.89. The maximum Gasteiger partial charge on any atom is 0.163 e. The van der Waals surface area contributed by atoms with Crippen molar-refractivity contribution in [3.63, 3.8) is 0 Å². The number of aromatic nitrogens is 4. The van der Waals surface area contributed by atoms with Crippen LogP contribution >= 0.6 is 0 Å². The normalized spacial score (nSPS) is 17.9. The number of aryl methyl sites for hydroxylation is 1. The van der Waals surface area contributed by atoms with E-state index in [9.17, 15) is 0 Å². The van der Waals surface area contributed by atoms with Crippen LogP contribution in [-0.4, -0.2) is 38.9 Å². The molecule has 3 rings (SSSR count). The Kier molecular flexibility index (Phi) is 2.44. The Morgan fingerprint density at radius 2 is 2.06 bits per heavy atom. The van der Waals surface area contributed by atoms with Gasteiger partial charge in [-0.3, -0.25) is 4.68 Å². The second-order valence-corrected chi connectivity index (χ2v) is 4.53. The summed E-state index contributed by atoms with van der Waals surface area (Å²) >= 11 is 0. The molecule has 1 saturated heterocycles. The van der Waals surface area contributed by atoms with Gasteiger partial charge in [0, 0.05) is 26.2 Å². The lowest BCUT2D eigenvalue weighted by atomic mass is 10.1. The zero-order valence-corrected chi connectivity index (χ0v) is 9.87. The molecule has 0 radical (unpaired) electrons. The third kappa shape index (κ3) is 1.74. The van der Waals surface area contributed by atoms with Gasteiger partial charge >= 0.3 is 0 Å². The zero-order valence-electron chi connectivity index (χ0n) is 9.87. The van der Waals surface area contributed by atoms with Crippen LogP contribution in [0.5, 0.6) is 0 Å². The van der Waals surface area contributed by atoms with Crippen molar-refractivity contribution in [1.29, 1.82) is 0 Å². The molecule has 6 heteroatoms. The molecule has 0 unspecified atom stereocenters. The first kappa shape index (κ1) is 10.5. The Balaban J connectivity index is 2.00. The third-order valence-electron chi connectivity index (χ3n) is 3.35. The van der Waals surface area contributed by atoms with Gasteiger partial charge in [0.1, 0.15) is 12.1 Å². The summed E-state index contributed by atoms with van der Waals surface area (Å²) in [7, 11) is 1.89. The molecule has 0 spiro atoms. The van der Waals surface area contributed by atoms with Crippen LogP contribution < -0.4 is 10.6 Å². The van der Waals surface area contributed by atoms with Gasteiger partial charge in [0.15, 0.2) is 5.65 Å². The monoisotopic (exact) mass is 232 g/mol. The molecular weight excluding hydrogens is 216 g/mol. The number of rotatable bonds is 1. The van der Waals surface area contributed by atoms with Gasteiger partial charge in [0.05, 0.1) is 11.6 Å². The smallest absolute Gasteiger partial charge is 0.163 e. The van der Waals surface area contributed by atoms with E-state index < -0.39 is 0 Å². The summed E-state index contributed by atoms with van der Waals surface area (Å²) in [6.45, 7) is 1.92. The van der Waals surface area contributed by atoms with Crippen LogP contribution in [0, 0.1) is 0 Å². The number of nitrogens with two attached hydrogens (primary N) is 1. The molecule has 0 aromatic carbocycles. The first-order chi connectivity index (χ1) is 8.25. The van der Waals surface area contributed by atoms with Gasteiger partial charge in [-0.15, -0.1) is 0 Å². The van der Waals surface area contributed by atoms with Gasteiger partial charge in [-0.2, -0.15) is 5.10 Å². The van der Waals surface area contributed by atoms with E-state index in [0.717, 1.165) is 42.8 Å². The number of nitrogens with zero attached hydrogens (tertiary/aromatic N) is 5. The van der Waals surface area contributed by atoms with Crippen LogP contribution in [0.3, 0.4) is 0 Å². The third-order valence-corrected chi connectivity index (χ3v) is 3.35. The zero-order chi connectivity index (χ0) is 11.8. The lowest BCUT2D eigenvalue weighted by molar-refractivity contribution is 0.499. The summed E-state index contributed by atoms with van der Waals surface area (Å²) in [5.41, 5.74) is 6.80. The van der Waals surface area contributed by atoms with Gasteiger partial charge in [-0.05, 0) is 12.8 Å². The average Bonchev–Trinajstić information content (AvgIpc) is 2.73. The second kappa shape index (κ2) is 3.96. The van der Waals surface area contributed by atoms with Crippen LogP contribution in [0.4, 0.5) is 5.82 Å². The molecule has 0 saturated carbocycles. The quantitative estimate of drug-likeness (QED) is 0.765. The second-order valence-electron chi connectivity index (χ2n) is 4.53. The van der Waals surface area contributed by atoms with Gasteiger partial charge < -0.3 is 10.6 Å². The minimum Gasteiger partial charge on any atom is -0.356 e. The van der Waals surface area contributed by atoms with E-state index in [4.69, 9.17) is 5.73 Å². The van der Waals surface area contributed by atoms with Crippen LogP contribution in [0.2, 0.25) is 0 Å². The van der Waals surface area contributed by atoms with Gasteiger partial charge in [-0.1, -0.05) is 0 Å². The van der Waals surface area contributed by atoms with E-state index >= 15 is 0 Å². The average molecular weight is 232 g/mol. The largest absolute Gasteiger partial charge is 0.356 e. The molecule has 0 bridgehead atoms. The van der Waals surface area contributed by atoms with E-state index in [1.807, 2.05) is 13.2 Å². The highest BCUT2D eigenvalue weighted by Gasteiger charge is 2.20. The molecule has 6 nitrogen and oxygen atoms in total. The molecule has 17 heavy (non-hydrogen) atoms. The summed E-state index contributed by atoms with van der Waals surface area (Å²) in [6, 6.07) is 0.331. The van der Waals surface area contributed by atoms with Gasteiger partial charge in [-0.25, -0.2) is 9.97 Å². The molecule has 1 aliphatic heterocycles. The lowest BCUT2D eigenvalue weighted by Gasteiger charge is -2.31. The number of piperidine rings is 1. The number of hydrogen-bond donors (Lipinski definition) is 1. The minimum atomic E-state index is 0.331. The molecule has 2 aromatic rings. The van der Waals surface area contributed by atoms with Crippen molar-refractivity contribution in [3.8, 4) is 0 Å². The van der Waals surface area contributed by atoms with Crippen molar-refractivity contribution in [2.45, 2.75) is 18.9 Å². The minimum absolute atomic E-state index is 0.331. The Bertz CT molecular complexity index is 526. The summed E-state index contributed by atoms with van der Waals surface area (Å²) in [4.78, 5) is 10.9. The van der Waals surface area contributed by atoms with Crippen LogP contribution in [0.1, 0.15) is 12.8 Å². The van der Waals surface area contributed by atoms with Gasteiger partial charge in [0.2, 0.25) is 0 Å². The maximum atomic E-state index is 5.92. The van der Waals surface area contributed by atoms with E-state index in [1.54, 1.807) is 11.0 Å². The number of hydrogen-bond acceptors (Lipinski definition) is 5. The molecule has 3 heterocycles. The Hall–Kier alpha value is -1.69. The van der Waals surface area contributed by atoms with E-state index in [2.05, 4.69) is 20.0 Å². The lowest BCUT2D eigenvalue weighted by Crippen LogP contribution is -2.40.